The molecule has 1 fully saturated rings. The molecule has 2 N–H and O–H groups in total. The molecular weight excluding hydrogens is 368 g/mol. The van der Waals surface area contributed by atoms with E-state index in [2.05, 4.69) is 10.6 Å². The predicted molar refractivity (Wildman–Crippen MR) is 80.5 cm³/mol. The second-order valence-corrected chi connectivity index (χ2v) is 5.87. The molecule has 1 aliphatic carbocycles. The first-order valence-corrected chi connectivity index (χ1v) is 7.63. The molecule has 0 atom stereocenters. The van der Waals surface area contributed by atoms with Crippen molar-refractivity contribution in [3.63, 3.8) is 0 Å². The van der Waals surface area contributed by atoms with E-state index >= 15 is 0 Å². The minimum absolute atomic E-state index is 0.00747. The van der Waals surface area contributed by atoms with Gasteiger partial charge < -0.3 is 10.6 Å². The number of alkyl halides is 6. The van der Waals surface area contributed by atoms with Crippen molar-refractivity contribution >= 4 is 5.69 Å². The zero-order chi connectivity index (χ0) is 19.5. The molecule has 11 heteroatoms. The summed E-state index contributed by atoms with van der Waals surface area (Å²) in [4.78, 5) is 9.87. The minimum Gasteiger partial charge on any atom is -0.364 e. The fraction of sp³-hybridized carbons (Fsp3) is 0.467. The van der Waals surface area contributed by atoms with E-state index in [1.807, 2.05) is 0 Å². The Labute approximate surface area is 144 Å². The summed E-state index contributed by atoms with van der Waals surface area (Å²) in [6.07, 6.45) is -6.35. The maximum atomic E-state index is 12.9. The SMILES string of the molecule is O=[N+]([O-])C=C(Nc1cc(C(F)(F)F)cc(C(F)(F)F)c1)NC1CCCC1. The van der Waals surface area contributed by atoms with Crippen LogP contribution >= 0.6 is 0 Å². The molecular formula is C15H15F6N3O2. The van der Waals surface area contributed by atoms with Crippen molar-refractivity contribution in [1.82, 2.24) is 5.32 Å². The number of rotatable bonds is 5. The van der Waals surface area contributed by atoms with Gasteiger partial charge in [-0.25, -0.2) is 0 Å². The number of hydrogen-bond acceptors (Lipinski definition) is 4. The summed E-state index contributed by atoms with van der Waals surface area (Å²) >= 11 is 0. The van der Waals surface area contributed by atoms with Crippen molar-refractivity contribution in [1.29, 1.82) is 0 Å². The van der Waals surface area contributed by atoms with E-state index in [9.17, 15) is 36.5 Å². The number of halogens is 6. The zero-order valence-electron chi connectivity index (χ0n) is 13.2. The number of nitrogens with zero attached hydrogens (tertiary/aromatic N) is 1. The quantitative estimate of drug-likeness (QED) is 0.438. The van der Waals surface area contributed by atoms with Crippen molar-refractivity contribution in [2.45, 2.75) is 44.1 Å². The van der Waals surface area contributed by atoms with Gasteiger partial charge >= 0.3 is 12.4 Å². The second-order valence-electron chi connectivity index (χ2n) is 5.87. The normalized spacial score (nSPS) is 16.6. The van der Waals surface area contributed by atoms with E-state index in [1.54, 1.807) is 0 Å². The lowest BCUT2D eigenvalue weighted by Gasteiger charge is -2.19. The fourth-order valence-corrected chi connectivity index (χ4v) is 2.68. The van der Waals surface area contributed by atoms with Gasteiger partial charge in [-0.1, -0.05) is 12.8 Å². The molecule has 1 aliphatic rings. The van der Waals surface area contributed by atoms with Crippen molar-refractivity contribution < 1.29 is 31.3 Å². The lowest BCUT2D eigenvalue weighted by molar-refractivity contribution is -0.403. The maximum Gasteiger partial charge on any atom is 0.416 e. The largest absolute Gasteiger partial charge is 0.416 e. The van der Waals surface area contributed by atoms with Crippen LogP contribution in [0.4, 0.5) is 32.0 Å². The summed E-state index contributed by atoms with van der Waals surface area (Å²) in [5.41, 5.74) is -3.56. The summed E-state index contributed by atoms with van der Waals surface area (Å²) < 4.78 is 77.3. The number of nitro groups is 1. The molecule has 26 heavy (non-hydrogen) atoms. The van der Waals surface area contributed by atoms with E-state index in [4.69, 9.17) is 0 Å². The van der Waals surface area contributed by atoms with Crippen LogP contribution in [0.3, 0.4) is 0 Å². The second kappa shape index (κ2) is 7.42. The Bertz CT molecular complexity index is 661. The molecule has 1 saturated carbocycles. The first kappa shape index (κ1) is 19.9. The summed E-state index contributed by atoms with van der Waals surface area (Å²) in [5.74, 6) is -0.269. The Morgan fingerprint density at radius 2 is 1.54 bits per heavy atom. The molecule has 2 rings (SSSR count). The molecule has 0 spiro atoms. The van der Waals surface area contributed by atoms with Gasteiger partial charge in [0.2, 0.25) is 0 Å². The van der Waals surface area contributed by atoms with Crippen molar-refractivity contribution in [2.24, 2.45) is 0 Å². The molecule has 5 nitrogen and oxygen atoms in total. The van der Waals surface area contributed by atoms with Gasteiger partial charge in [-0.2, -0.15) is 26.3 Å². The van der Waals surface area contributed by atoms with Crippen molar-refractivity contribution in [3.8, 4) is 0 Å². The third-order valence-corrected chi connectivity index (χ3v) is 3.82. The Kier molecular flexibility index (Phi) is 5.67. The van der Waals surface area contributed by atoms with Gasteiger partial charge in [-0.05, 0) is 31.0 Å². The standard InChI is InChI=1S/C15H15F6N3O2/c16-14(17,18)9-5-10(15(19,20)21)7-12(6-9)23-13(8-24(25)26)22-11-3-1-2-4-11/h5-8,11,22-23H,1-4H2. The number of anilines is 1. The lowest BCUT2D eigenvalue weighted by Crippen LogP contribution is -2.30. The predicted octanol–water partition coefficient (Wildman–Crippen LogP) is 4.74. The Hall–Kier alpha value is -2.46. The fourth-order valence-electron chi connectivity index (χ4n) is 2.68. The Morgan fingerprint density at radius 1 is 1.04 bits per heavy atom. The van der Waals surface area contributed by atoms with Gasteiger partial charge in [0.1, 0.15) is 0 Å². The molecule has 0 radical (unpaired) electrons. The van der Waals surface area contributed by atoms with Crippen LogP contribution in [0.1, 0.15) is 36.8 Å². The number of hydrogen-bond donors (Lipinski definition) is 2. The molecule has 1 aromatic carbocycles. The van der Waals surface area contributed by atoms with Gasteiger partial charge in [0.15, 0.2) is 5.82 Å². The van der Waals surface area contributed by atoms with Gasteiger partial charge in [-0.15, -0.1) is 0 Å². The minimum atomic E-state index is -5.00. The number of benzene rings is 1. The molecule has 0 aliphatic heterocycles. The third kappa shape index (κ3) is 5.53. The highest BCUT2D eigenvalue weighted by Crippen LogP contribution is 2.37. The summed E-state index contributed by atoms with van der Waals surface area (Å²) in [5, 5.41) is 15.7. The Balaban J connectivity index is 2.35. The summed E-state index contributed by atoms with van der Waals surface area (Å²) in [6, 6.07) is 0.798. The summed E-state index contributed by atoms with van der Waals surface area (Å²) in [7, 11) is 0. The van der Waals surface area contributed by atoms with Gasteiger partial charge in [0.25, 0.3) is 6.20 Å². The van der Waals surface area contributed by atoms with Crippen LogP contribution in [0.15, 0.2) is 30.2 Å². The average Bonchev–Trinajstić information content (AvgIpc) is 2.97. The van der Waals surface area contributed by atoms with Gasteiger partial charge in [-0.3, -0.25) is 10.1 Å². The molecule has 0 amide bonds. The lowest BCUT2D eigenvalue weighted by atomic mass is 10.1. The Morgan fingerprint density at radius 3 is 1.96 bits per heavy atom. The molecule has 0 unspecified atom stereocenters. The first-order valence-electron chi connectivity index (χ1n) is 7.63. The van der Waals surface area contributed by atoms with E-state index in [-0.39, 0.29) is 17.9 Å². The number of nitrogens with one attached hydrogen (secondary N) is 2. The van der Waals surface area contributed by atoms with Crippen LogP contribution in [-0.4, -0.2) is 11.0 Å². The average molecular weight is 383 g/mol. The van der Waals surface area contributed by atoms with Crippen LogP contribution in [0.5, 0.6) is 0 Å². The smallest absolute Gasteiger partial charge is 0.364 e. The highest BCUT2D eigenvalue weighted by atomic mass is 19.4. The molecule has 1 aromatic rings. The van der Waals surface area contributed by atoms with Crippen molar-refractivity contribution in [2.75, 3.05) is 5.32 Å². The molecule has 144 valence electrons. The maximum absolute atomic E-state index is 12.9. The third-order valence-electron chi connectivity index (χ3n) is 3.82. The summed E-state index contributed by atoms with van der Waals surface area (Å²) in [6.45, 7) is 0. The van der Waals surface area contributed by atoms with Crippen LogP contribution < -0.4 is 10.6 Å². The van der Waals surface area contributed by atoms with Gasteiger partial charge in [0.05, 0.1) is 16.1 Å². The highest BCUT2D eigenvalue weighted by Gasteiger charge is 2.37. The van der Waals surface area contributed by atoms with Crippen molar-refractivity contribution in [3.05, 3.63) is 51.5 Å². The monoisotopic (exact) mass is 383 g/mol. The van der Waals surface area contributed by atoms with E-state index in [1.165, 1.54) is 0 Å². The van der Waals surface area contributed by atoms with Gasteiger partial charge in [0, 0.05) is 11.7 Å². The first-order chi connectivity index (χ1) is 11.9. The van der Waals surface area contributed by atoms with E-state index < -0.39 is 34.1 Å². The molecule has 0 bridgehead atoms. The zero-order valence-corrected chi connectivity index (χ0v) is 13.2. The topological polar surface area (TPSA) is 67.2 Å². The molecule has 0 heterocycles. The van der Waals surface area contributed by atoms with Crippen LogP contribution in [0.25, 0.3) is 0 Å². The van der Waals surface area contributed by atoms with E-state index in [0.29, 0.717) is 31.2 Å². The van der Waals surface area contributed by atoms with Crippen LogP contribution in [-0.2, 0) is 12.4 Å². The van der Waals surface area contributed by atoms with Crippen LogP contribution in [0, 0.1) is 10.1 Å². The molecule has 0 saturated heterocycles. The van der Waals surface area contributed by atoms with Crippen LogP contribution in [0.2, 0.25) is 0 Å². The highest BCUT2D eigenvalue weighted by molar-refractivity contribution is 5.53. The molecule has 0 aromatic heterocycles. The van der Waals surface area contributed by atoms with E-state index in [0.717, 1.165) is 12.8 Å².